The summed E-state index contributed by atoms with van der Waals surface area (Å²) in [6.07, 6.45) is 1.83. The van der Waals surface area contributed by atoms with Crippen LogP contribution in [0, 0.1) is 0 Å². The van der Waals surface area contributed by atoms with Crippen molar-refractivity contribution in [2.75, 3.05) is 55.7 Å². The molecule has 0 spiro atoms. The predicted molar refractivity (Wildman–Crippen MR) is 136 cm³/mol. The van der Waals surface area contributed by atoms with E-state index < -0.39 is 0 Å². The number of hydrogen-bond donors (Lipinski definition) is 0. The van der Waals surface area contributed by atoms with Crippen LogP contribution in [0.5, 0.6) is 0 Å². The van der Waals surface area contributed by atoms with Crippen molar-refractivity contribution in [1.82, 2.24) is 18.5 Å². The van der Waals surface area contributed by atoms with Crippen LogP contribution in [0.2, 0.25) is 5.15 Å². The highest BCUT2D eigenvalue weighted by Crippen LogP contribution is 2.31. The lowest BCUT2D eigenvalue weighted by Gasteiger charge is -2.34. The summed E-state index contributed by atoms with van der Waals surface area (Å²) in [6, 6.07) is 7.41. The van der Waals surface area contributed by atoms with Gasteiger partial charge in [-0.15, -0.1) is 0 Å². The fourth-order valence-electron chi connectivity index (χ4n) is 3.87. The van der Waals surface area contributed by atoms with Crippen molar-refractivity contribution >= 4 is 75.7 Å². The minimum atomic E-state index is -0.212. The molecule has 1 aromatic carbocycles. The molecule has 2 saturated heterocycles. The summed E-state index contributed by atoms with van der Waals surface area (Å²) in [5.41, 5.74) is 1.43. The molecule has 33 heavy (non-hydrogen) atoms. The van der Waals surface area contributed by atoms with Crippen molar-refractivity contribution in [2.45, 2.75) is 0 Å². The van der Waals surface area contributed by atoms with Crippen molar-refractivity contribution in [2.24, 2.45) is 4.99 Å². The van der Waals surface area contributed by atoms with Gasteiger partial charge < -0.3 is 14.7 Å². The molecule has 2 amide bonds. The molecule has 2 fully saturated rings. The fourth-order valence-corrected chi connectivity index (χ4v) is 6.51. The number of amides is 2. The van der Waals surface area contributed by atoms with Gasteiger partial charge in [0.15, 0.2) is 16.1 Å². The lowest BCUT2D eigenvalue weighted by Crippen LogP contribution is -2.49. The maximum atomic E-state index is 13.1. The number of aliphatic imine (C=N–C) groups is 1. The largest absolute Gasteiger partial charge is 0.350 e. The Balaban J connectivity index is 1.24. The third-order valence-electron chi connectivity index (χ3n) is 5.62. The van der Waals surface area contributed by atoms with Gasteiger partial charge >= 0.3 is 0 Å². The van der Waals surface area contributed by atoms with E-state index in [1.165, 1.54) is 11.8 Å². The molecule has 5 rings (SSSR count). The van der Waals surface area contributed by atoms with Crippen LogP contribution >= 0.6 is 46.9 Å². The zero-order valence-electron chi connectivity index (χ0n) is 17.6. The molecule has 0 atom stereocenters. The number of nitrogens with zero attached hydrogens (tertiary/aromatic N) is 6. The van der Waals surface area contributed by atoms with Crippen molar-refractivity contribution in [3.8, 4) is 0 Å². The normalized spacial score (nSPS) is 20.5. The van der Waals surface area contributed by atoms with Gasteiger partial charge in [0, 0.05) is 56.3 Å². The van der Waals surface area contributed by atoms with Crippen LogP contribution in [-0.4, -0.2) is 86.3 Å². The first-order valence-electron chi connectivity index (χ1n) is 10.6. The van der Waals surface area contributed by atoms with Crippen molar-refractivity contribution in [1.29, 1.82) is 0 Å². The molecule has 12 heteroatoms. The topological polar surface area (TPSA) is 82.0 Å². The Hall–Kier alpha value is -2.08. The van der Waals surface area contributed by atoms with Crippen LogP contribution in [0.15, 0.2) is 34.2 Å². The summed E-state index contributed by atoms with van der Waals surface area (Å²) < 4.78 is 8.25. The van der Waals surface area contributed by atoms with E-state index in [1.807, 2.05) is 47.0 Å². The van der Waals surface area contributed by atoms with E-state index in [1.54, 1.807) is 0 Å². The number of carbonyl (C=O) groups is 2. The van der Waals surface area contributed by atoms with Crippen molar-refractivity contribution in [3.63, 3.8) is 0 Å². The molecule has 0 aliphatic carbocycles. The Morgan fingerprint density at radius 2 is 1.82 bits per heavy atom. The first kappa shape index (κ1) is 22.7. The van der Waals surface area contributed by atoms with Gasteiger partial charge in [-0.25, -0.2) is 0 Å². The summed E-state index contributed by atoms with van der Waals surface area (Å²) in [7, 11) is 0. The molecule has 0 bridgehead atoms. The van der Waals surface area contributed by atoms with Gasteiger partial charge in [-0.2, -0.15) is 25.5 Å². The monoisotopic (exact) mass is 520 g/mol. The molecule has 1 aromatic heterocycles. The third-order valence-corrected chi connectivity index (χ3v) is 8.48. The smallest absolute Gasteiger partial charge is 0.286 e. The third kappa shape index (κ3) is 5.06. The zero-order valence-corrected chi connectivity index (χ0v) is 20.9. The highest BCUT2D eigenvalue weighted by molar-refractivity contribution is 8.18. The average molecular weight is 521 g/mol. The maximum Gasteiger partial charge on any atom is 0.286 e. The minimum absolute atomic E-state index is 0.0226. The van der Waals surface area contributed by atoms with Gasteiger partial charge in [-0.05, 0) is 35.5 Å². The lowest BCUT2D eigenvalue weighted by molar-refractivity contribution is -0.113. The molecule has 0 saturated carbocycles. The number of carbonyl (C=O) groups excluding carboxylic acids is 2. The number of piperazine rings is 1. The Bertz CT molecular complexity index is 1120. The number of halogens is 1. The summed E-state index contributed by atoms with van der Waals surface area (Å²) in [4.78, 5) is 36.4. The number of aromatic nitrogens is 2. The maximum absolute atomic E-state index is 13.1. The first-order chi connectivity index (χ1) is 16.1. The minimum Gasteiger partial charge on any atom is -0.350 e. The highest BCUT2D eigenvalue weighted by Gasteiger charge is 2.28. The van der Waals surface area contributed by atoms with Crippen LogP contribution < -0.4 is 4.90 Å². The Kier molecular flexibility index (Phi) is 6.91. The number of benzene rings is 1. The van der Waals surface area contributed by atoms with Crippen LogP contribution in [0.4, 0.5) is 5.82 Å². The molecular weight excluding hydrogens is 500 g/mol. The molecule has 4 heterocycles. The molecule has 3 aliphatic heterocycles. The number of rotatable bonds is 3. The van der Waals surface area contributed by atoms with E-state index in [2.05, 4.69) is 23.5 Å². The van der Waals surface area contributed by atoms with Gasteiger partial charge in [0.25, 0.3) is 11.8 Å². The molecule has 172 valence electrons. The summed E-state index contributed by atoms with van der Waals surface area (Å²) in [5, 5.41) is 1.19. The SMILES string of the molecule is O=C1N=C(N2CCSCC2)SC1=Cc1cccc(C(=O)N2CCN(c3nsnc3Cl)CC2)c1. The van der Waals surface area contributed by atoms with Crippen LogP contribution in [-0.2, 0) is 4.79 Å². The van der Waals surface area contributed by atoms with Crippen LogP contribution in [0.1, 0.15) is 15.9 Å². The number of amidine groups is 1. The number of thioether (sulfide) groups is 2. The van der Waals surface area contributed by atoms with Gasteiger partial charge in [-0.3, -0.25) is 9.59 Å². The summed E-state index contributed by atoms with van der Waals surface area (Å²) >= 11 is 10.5. The standard InChI is InChI=1S/C21H21ClN6O2S3/c22-17-18(25-33-24-17)26-4-6-27(7-5-26)20(30)15-3-1-2-14(12-15)13-16-19(29)23-21(32-16)28-8-10-31-11-9-28/h1-3,12-13H,4-11H2. The molecule has 0 N–H and O–H groups in total. The van der Waals surface area contributed by atoms with E-state index in [0.29, 0.717) is 47.6 Å². The lowest BCUT2D eigenvalue weighted by atomic mass is 10.1. The zero-order chi connectivity index (χ0) is 22.8. The molecule has 0 radical (unpaired) electrons. The quantitative estimate of drug-likeness (QED) is 0.571. The van der Waals surface area contributed by atoms with E-state index in [0.717, 1.165) is 47.1 Å². The molecular formula is C21H21ClN6O2S3. The highest BCUT2D eigenvalue weighted by atomic mass is 35.5. The van der Waals surface area contributed by atoms with Gasteiger partial charge in [0.05, 0.1) is 16.6 Å². The molecule has 0 unspecified atom stereocenters. The Morgan fingerprint density at radius 1 is 1.03 bits per heavy atom. The second-order valence-electron chi connectivity index (χ2n) is 7.69. The van der Waals surface area contributed by atoms with Gasteiger partial charge in [0.2, 0.25) is 0 Å². The average Bonchev–Trinajstić information content (AvgIpc) is 3.45. The summed E-state index contributed by atoms with van der Waals surface area (Å²) in [5.74, 6) is 2.56. The van der Waals surface area contributed by atoms with Crippen molar-refractivity contribution < 1.29 is 9.59 Å². The Labute approximate surface area is 209 Å². The molecule has 8 nitrogen and oxygen atoms in total. The first-order valence-corrected chi connectivity index (χ1v) is 13.6. The van der Waals surface area contributed by atoms with E-state index >= 15 is 0 Å². The second kappa shape index (κ2) is 10.0. The van der Waals surface area contributed by atoms with Gasteiger partial charge in [0.1, 0.15) is 0 Å². The predicted octanol–water partition coefficient (Wildman–Crippen LogP) is 3.17. The number of hydrogen-bond acceptors (Lipinski definition) is 9. The van der Waals surface area contributed by atoms with E-state index in [-0.39, 0.29) is 11.8 Å². The number of anilines is 1. The summed E-state index contributed by atoms with van der Waals surface area (Å²) in [6.45, 7) is 4.30. The second-order valence-corrected chi connectivity index (χ2v) is 10.8. The fraction of sp³-hybridized carbons (Fsp3) is 0.381. The molecule has 3 aliphatic rings. The van der Waals surface area contributed by atoms with Gasteiger partial charge in [-0.1, -0.05) is 23.7 Å². The van der Waals surface area contributed by atoms with Crippen LogP contribution in [0.3, 0.4) is 0 Å². The van der Waals surface area contributed by atoms with Crippen molar-refractivity contribution in [3.05, 3.63) is 45.5 Å². The van der Waals surface area contributed by atoms with Crippen LogP contribution in [0.25, 0.3) is 6.08 Å². The molecule has 2 aromatic rings. The van der Waals surface area contributed by atoms with E-state index in [9.17, 15) is 9.59 Å². The Morgan fingerprint density at radius 3 is 2.55 bits per heavy atom. The van der Waals surface area contributed by atoms with E-state index in [4.69, 9.17) is 11.6 Å².